The molecule has 1 unspecified atom stereocenters. The Kier molecular flexibility index (Phi) is 6.50. The second-order valence-corrected chi connectivity index (χ2v) is 8.75. The van der Waals surface area contributed by atoms with Gasteiger partial charge < -0.3 is 9.88 Å². The van der Waals surface area contributed by atoms with Gasteiger partial charge in [0.25, 0.3) is 0 Å². The molecular weight excluding hydrogens is 422 g/mol. The van der Waals surface area contributed by atoms with Gasteiger partial charge in [-0.05, 0) is 38.0 Å². The molecule has 0 aliphatic heterocycles. The number of thioether (sulfide) groups is 1. The van der Waals surface area contributed by atoms with Gasteiger partial charge in [-0.1, -0.05) is 55.9 Å². The smallest absolute Gasteiger partial charge is 0.237 e. The summed E-state index contributed by atoms with van der Waals surface area (Å²) >= 11 is 1.30. The molecule has 1 amide bonds. The molecule has 2 aromatic carbocycles. The average Bonchev–Trinajstić information content (AvgIpc) is 3.11. The van der Waals surface area contributed by atoms with E-state index >= 15 is 0 Å². The number of aromatic nitrogens is 4. The molecule has 0 saturated carbocycles. The van der Waals surface area contributed by atoms with Gasteiger partial charge in [-0.25, -0.2) is 4.98 Å². The third kappa shape index (κ3) is 4.36. The number of para-hydroxylation sites is 1. The standard InChI is InChI=1S/C24H25N5O2S/c1-4-13-29-19-12-7-6-11-18(19)21-22(29)26-24(28-27-21)32-20(5-2)23(31)25-17-10-8-9-16(14-17)15(3)30/h6-12,14,20H,4-5,13H2,1-3H3,(H,25,31). The Morgan fingerprint density at radius 3 is 2.66 bits per heavy atom. The monoisotopic (exact) mass is 447 g/mol. The highest BCUT2D eigenvalue weighted by atomic mass is 32.2. The number of hydrogen-bond donors (Lipinski definition) is 1. The predicted octanol–water partition coefficient (Wildman–Crippen LogP) is 5.10. The molecule has 2 heterocycles. The molecule has 0 spiro atoms. The third-order valence-electron chi connectivity index (χ3n) is 5.25. The lowest BCUT2D eigenvalue weighted by Crippen LogP contribution is -2.25. The molecule has 7 nitrogen and oxygen atoms in total. The van der Waals surface area contributed by atoms with Crippen LogP contribution in [0.25, 0.3) is 22.1 Å². The van der Waals surface area contributed by atoms with Crippen LogP contribution < -0.4 is 5.32 Å². The van der Waals surface area contributed by atoms with Crippen LogP contribution >= 0.6 is 11.8 Å². The molecule has 32 heavy (non-hydrogen) atoms. The summed E-state index contributed by atoms with van der Waals surface area (Å²) in [7, 11) is 0. The van der Waals surface area contributed by atoms with Crippen molar-refractivity contribution in [2.75, 3.05) is 5.32 Å². The number of anilines is 1. The van der Waals surface area contributed by atoms with Crippen molar-refractivity contribution in [1.29, 1.82) is 0 Å². The van der Waals surface area contributed by atoms with Crippen molar-refractivity contribution in [3.63, 3.8) is 0 Å². The second-order valence-electron chi connectivity index (χ2n) is 7.58. The van der Waals surface area contributed by atoms with Crippen LogP contribution in [-0.4, -0.2) is 36.7 Å². The molecule has 1 atom stereocenters. The van der Waals surface area contributed by atoms with Crippen molar-refractivity contribution in [2.24, 2.45) is 0 Å². The van der Waals surface area contributed by atoms with E-state index in [9.17, 15) is 9.59 Å². The minimum Gasteiger partial charge on any atom is -0.325 e. The van der Waals surface area contributed by atoms with Gasteiger partial charge in [-0.3, -0.25) is 9.59 Å². The number of benzene rings is 2. The minimum absolute atomic E-state index is 0.0437. The first-order valence-electron chi connectivity index (χ1n) is 10.7. The Labute approximate surface area is 190 Å². The zero-order valence-corrected chi connectivity index (χ0v) is 19.1. The number of carbonyl (C=O) groups is 2. The lowest BCUT2D eigenvalue weighted by Gasteiger charge is -2.14. The van der Waals surface area contributed by atoms with Crippen molar-refractivity contribution in [2.45, 2.75) is 50.6 Å². The first-order valence-corrected chi connectivity index (χ1v) is 11.6. The van der Waals surface area contributed by atoms with Crippen molar-refractivity contribution in [1.82, 2.24) is 19.7 Å². The molecule has 0 aliphatic rings. The number of aryl methyl sites for hydroxylation is 1. The third-order valence-corrected chi connectivity index (χ3v) is 6.46. The lowest BCUT2D eigenvalue weighted by atomic mass is 10.1. The average molecular weight is 448 g/mol. The number of ketones is 1. The molecule has 1 N–H and O–H groups in total. The topological polar surface area (TPSA) is 89.8 Å². The summed E-state index contributed by atoms with van der Waals surface area (Å²) in [5, 5.41) is 12.8. The molecule has 0 bridgehead atoms. The van der Waals surface area contributed by atoms with Crippen LogP contribution in [0.5, 0.6) is 0 Å². The molecule has 8 heteroatoms. The first-order chi connectivity index (χ1) is 15.5. The van der Waals surface area contributed by atoms with Gasteiger partial charge in [0.2, 0.25) is 11.1 Å². The summed E-state index contributed by atoms with van der Waals surface area (Å²) in [6, 6.07) is 15.0. The number of nitrogens with one attached hydrogen (secondary N) is 1. The van der Waals surface area contributed by atoms with Crippen LogP contribution in [0.2, 0.25) is 0 Å². The first kappa shape index (κ1) is 22.0. The van der Waals surface area contributed by atoms with Crippen molar-refractivity contribution in [3.05, 3.63) is 54.1 Å². The number of nitrogens with zero attached hydrogens (tertiary/aromatic N) is 4. The summed E-state index contributed by atoms with van der Waals surface area (Å²) < 4.78 is 2.16. The van der Waals surface area contributed by atoms with Gasteiger partial charge in [0.05, 0.1) is 10.8 Å². The van der Waals surface area contributed by atoms with E-state index in [1.165, 1.54) is 18.7 Å². The lowest BCUT2D eigenvalue weighted by molar-refractivity contribution is -0.115. The number of hydrogen-bond acceptors (Lipinski definition) is 6. The van der Waals surface area contributed by atoms with E-state index in [0.717, 1.165) is 35.0 Å². The number of carbonyl (C=O) groups excluding carboxylic acids is 2. The number of amides is 1. The zero-order chi connectivity index (χ0) is 22.7. The van der Waals surface area contributed by atoms with Crippen LogP contribution in [0.15, 0.2) is 53.7 Å². The van der Waals surface area contributed by atoms with E-state index in [4.69, 9.17) is 4.98 Å². The van der Waals surface area contributed by atoms with Crippen LogP contribution in [0.3, 0.4) is 0 Å². The Hall–Kier alpha value is -3.26. The van der Waals surface area contributed by atoms with Crippen LogP contribution in [-0.2, 0) is 11.3 Å². The predicted molar refractivity (Wildman–Crippen MR) is 128 cm³/mol. The maximum atomic E-state index is 12.9. The van der Waals surface area contributed by atoms with Crippen LogP contribution in [0.4, 0.5) is 5.69 Å². The largest absolute Gasteiger partial charge is 0.325 e. The zero-order valence-electron chi connectivity index (χ0n) is 18.3. The Bertz CT molecular complexity index is 1300. The van der Waals surface area contributed by atoms with Gasteiger partial charge in [-0.2, -0.15) is 0 Å². The van der Waals surface area contributed by atoms with Gasteiger partial charge in [0.1, 0.15) is 5.52 Å². The molecule has 4 aromatic rings. The van der Waals surface area contributed by atoms with Gasteiger partial charge in [0.15, 0.2) is 11.4 Å². The van der Waals surface area contributed by atoms with Crippen molar-refractivity contribution >= 4 is 51.2 Å². The fourth-order valence-corrected chi connectivity index (χ4v) is 4.49. The molecule has 4 rings (SSSR count). The van der Waals surface area contributed by atoms with Crippen molar-refractivity contribution in [3.8, 4) is 0 Å². The number of fused-ring (bicyclic) bond motifs is 3. The minimum atomic E-state index is -0.390. The second kappa shape index (κ2) is 9.48. The summed E-state index contributed by atoms with van der Waals surface area (Å²) in [6.07, 6.45) is 1.57. The highest BCUT2D eigenvalue weighted by Gasteiger charge is 2.22. The normalized spacial score (nSPS) is 12.2. The maximum Gasteiger partial charge on any atom is 0.237 e. The molecule has 2 aromatic heterocycles. The highest BCUT2D eigenvalue weighted by Crippen LogP contribution is 2.29. The van der Waals surface area contributed by atoms with E-state index in [1.54, 1.807) is 24.3 Å². The molecule has 0 radical (unpaired) electrons. The van der Waals surface area contributed by atoms with Gasteiger partial charge in [-0.15, -0.1) is 10.2 Å². The molecule has 164 valence electrons. The summed E-state index contributed by atoms with van der Waals surface area (Å²) in [6.45, 7) is 6.41. The van der Waals surface area contributed by atoms with Gasteiger partial charge in [0, 0.05) is 23.2 Å². The molecule has 0 aliphatic carbocycles. The van der Waals surface area contributed by atoms with Crippen LogP contribution in [0.1, 0.15) is 44.0 Å². The summed E-state index contributed by atoms with van der Waals surface area (Å²) in [5.41, 5.74) is 3.81. The molecule has 0 fully saturated rings. The van der Waals surface area contributed by atoms with Gasteiger partial charge >= 0.3 is 0 Å². The Balaban J connectivity index is 1.60. The number of Topliss-reactive ketones (excluding diaryl/α,β-unsaturated/α-hetero) is 1. The maximum absolute atomic E-state index is 12.9. The summed E-state index contributed by atoms with van der Waals surface area (Å²) in [5.74, 6) is -0.200. The quantitative estimate of drug-likeness (QED) is 0.298. The van der Waals surface area contributed by atoms with E-state index < -0.39 is 0 Å². The highest BCUT2D eigenvalue weighted by molar-refractivity contribution is 8.00. The SMILES string of the molecule is CCCn1c2ccccc2c2nnc(SC(CC)C(=O)Nc3cccc(C(C)=O)c3)nc21. The molecular formula is C24H25N5O2S. The molecule has 0 saturated heterocycles. The van der Waals surface area contributed by atoms with Crippen molar-refractivity contribution < 1.29 is 9.59 Å². The number of rotatable bonds is 8. The summed E-state index contributed by atoms with van der Waals surface area (Å²) in [4.78, 5) is 29.3. The van der Waals surface area contributed by atoms with E-state index in [1.807, 2.05) is 25.1 Å². The Morgan fingerprint density at radius 2 is 1.91 bits per heavy atom. The van der Waals surface area contributed by atoms with Crippen LogP contribution in [0, 0.1) is 0 Å². The fourth-order valence-electron chi connectivity index (χ4n) is 3.68. The van der Waals surface area contributed by atoms with E-state index in [2.05, 4.69) is 33.1 Å². The van der Waals surface area contributed by atoms with E-state index in [0.29, 0.717) is 22.8 Å². The van der Waals surface area contributed by atoms with E-state index in [-0.39, 0.29) is 16.9 Å². The fraction of sp³-hybridized carbons (Fsp3) is 0.292. The Morgan fingerprint density at radius 1 is 1.09 bits per heavy atom.